The van der Waals surface area contributed by atoms with Crippen molar-refractivity contribution in [2.75, 3.05) is 27.2 Å². The third kappa shape index (κ3) is 3.87. The van der Waals surface area contributed by atoms with Gasteiger partial charge < -0.3 is 10.2 Å². The van der Waals surface area contributed by atoms with E-state index in [1.54, 1.807) is 6.07 Å². The molecule has 6 nitrogen and oxygen atoms in total. The van der Waals surface area contributed by atoms with E-state index in [4.69, 9.17) is 0 Å². The number of carbonyl (C=O) groups excluding carboxylic acids is 3. The van der Waals surface area contributed by atoms with Crippen LogP contribution in [-0.4, -0.2) is 54.7 Å². The molecule has 0 saturated carbocycles. The molecule has 0 radical (unpaired) electrons. The largest absolute Gasteiger partial charge is 0.344 e. The Morgan fingerprint density at radius 1 is 1.11 bits per heavy atom. The highest BCUT2D eigenvalue weighted by Crippen LogP contribution is 2.24. The van der Waals surface area contributed by atoms with Crippen molar-refractivity contribution in [3.05, 3.63) is 83.4 Å². The molecule has 1 aliphatic rings. The quantitative estimate of drug-likeness (QED) is 0.595. The van der Waals surface area contributed by atoms with Crippen LogP contribution in [0.3, 0.4) is 0 Å². The maximum Gasteiger partial charge on any atom is 0.261 e. The summed E-state index contributed by atoms with van der Waals surface area (Å²) in [4.78, 5) is 40.8. The molecule has 6 heteroatoms. The number of rotatable bonds is 7. The number of hydrogen-bond donors (Lipinski definition) is 1. The first-order valence-corrected chi connectivity index (χ1v) is 9.04. The topological polar surface area (TPSA) is 69.7 Å². The summed E-state index contributed by atoms with van der Waals surface area (Å²) in [5.41, 5.74) is 1.91. The van der Waals surface area contributed by atoms with Crippen LogP contribution in [0.4, 0.5) is 0 Å². The highest BCUT2D eigenvalue weighted by atomic mass is 16.2. The Morgan fingerprint density at radius 2 is 1.79 bits per heavy atom. The van der Waals surface area contributed by atoms with Gasteiger partial charge >= 0.3 is 0 Å². The van der Waals surface area contributed by atoms with E-state index < -0.39 is 5.91 Å². The Hall–Kier alpha value is -3.25. The number of fused-ring (bicyclic) bond motifs is 1. The average molecular weight is 377 g/mol. The molecule has 1 aliphatic heterocycles. The van der Waals surface area contributed by atoms with Gasteiger partial charge in [-0.1, -0.05) is 36.4 Å². The lowest BCUT2D eigenvalue weighted by atomic mass is 10.0. The number of imide groups is 1. The van der Waals surface area contributed by atoms with Gasteiger partial charge in [0.25, 0.3) is 17.7 Å². The highest BCUT2D eigenvalue weighted by molar-refractivity contribution is 6.22. The minimum atomic E-state index is -0.401. The Morgan fingerprint density at radius 3 is 2.43 bits per heavy atom. The van der Waals surface area contributed by atoms with Crippen LogP contribution in [0.25, 0.3) is 0 Å². The summed E-state index contributed by atoms with van der Waals surface area (Å²) in [6.45, 7) is 4.35. The summed E-state index contributed by atoms with van der Waals surface area (Å²) >= 11 is 0. The molecule has 1 N–H and O–H groups in total. The fourth-order valence-electron chi connectivity index (χ4n) is 3.25. The van der Waals surface area contributed by atoms with E-state index in [9.17, 15) is 14.4 Å². The standard InChI is InChI=1S/C22H23N3O3/c1-4-12-25-21(27)17-11-10-16(13-18(17)22(25)28)20(26)23-19(14-24(2)3)15-8-6-5-7-9-15/h4-11,13,19H,1,12,14H2,2-3H3,(H,23,26)/t19-/m1/s1. The fraction of sp³-hybridized carbons (Fsp3) is 0.227. The molecule has 0 aliphatic carbocycles. The maximum atomic E-state index is 12.8. The van der Waals surface area contributed by atoms with Gasteiger partial charge in [-0.15, -0.1) is 6.58 Å². The van der Waals surface area contributed by atoms with Crippen LogP contribution in [-0.2, 0) is 0 Å². The summed E-state index contributed by atoms with van der Waals surface area (Å²) in [5, 5.41) is 3.03. The SMILES string of the molecule is C=CCN1C(=O)c2ccc(C(=O)N[C@H](CN(C)C)c3ccccc3)cc2C1=O. The molecule has 0 bridgehead atoms. The number of nitrogens with zero attached hydrogens (tertiary/aromatic N) is 2. The number of benzene rings is 2. The minimum Gasteiger partial charge on any atom is -0.344 e. The van der Waals surface area contributed by atoms with Gasteiger partial charge in [0.05, 0.1) is 17.2 Å². The first kappa shape index (κ1) is 19.5. The highest BCUT2D eigenvalue weighted by Gasteiger charge is 2.35. The first-order valence-electron chi connectivity index (χ1n) is 9.04. The van der Waals surface area contributed by atoms with E-state index in [0.29, 0.717) is 17.7 Å². The van der Waals surface area contributed by atoms with Crippen LogP contribution in [0.5, 0.6) is 0 Å². The summed E-state index contributed by atoms with van der Waals surface area (Å²) in [7, 11) is 3.88. The second-order valence-corrected chi connectivity index (χ2v) is 6.97. The average Bonchev–Trinajstić information content (AvgIpc) is 2.92. The molecule has 0 fully saturated rings. The lowest BCUT2D eigenvalue weighted by Gasteiger charge is -2.23. The molecule has 1 heterocycles. The Bertz CT molecular complexity index is 922. The zero-order chi connectivity index (χ0) is 20.3. The number of nitrogens with one attached hydrogen (secondary N) is 1. The monoisotopic (exact) mass is 377 g/mol. The normalized spacial score (nSPS) is 14.2. The van der Waals surface area contributed by atoms with Crippen LogP contribution in [0.1, 0.15) is 42.7 Å². The second kappa shape index (κ2) is 8.19. The zero-order valence-electron chi connectivity index (χ0n) is 16.0. The van der Waals surface area contributed by atoms with Crippen LogP contribution >= 0.6 is 0 Å². The minimum absolute atomic E-state index is 0.146. The number of amides is 3. The van der Waals surface area contributed by atoms with Crippen molar-refractivity contribution in [3.63, 3.8) is 0 Å². The van der Waals surface area contributed by atoms with E-state index >= 15 is 0 Å². The fourth-order valence-corrected chi connectivity index (χ4v) is 3.25. The number of likely N-dealkylation sites (N-methyl/N-ethyl adjacent to an activating group) is 1. The van der Waals surface area contributed by atoms with E-state index in [2.05, 4.69) is 11.9 Å². The Labute approximate surface area is 164 Å². The van der Waals surface area contributed by atoms with Crippen molar-refractivity contribution >= 4 is 17.7 Å². The van der Waals surface area contributed by atoms with Crippen LogP contribution in [0.15, 0.2) is 61.2 Å². The van der Waals surface area contributed by atoms with Crippen molar-refractivity contribution in [3.8, 4) is 0 Å². The van der Waals surface area contributed by atoms with Crippen LogP contribution < -0.4 is 5.32 Å². The second-order valence-electron chi connectivity index (χ2n) is 6.97. The lowest BCUT2D eigenvalue weighted by Crippen LogP contribution is -2.35. The van der Waals surface area contributed by atoms with Gasteiger partial charge in [-0.3, -0.25) is 19.3 Å². The van der Waals surface area contributed by atoms with Crippen LogP contribution in [0.2, 0.25) is 0 Å². The maximum absolute atomic E-state index is 12.8. The molecule has 1 atom stereocenters. The zero-order valence-corrected chi connectivity index (χ0v) is 16.0. The number of hydrogen-bond acceptors (Lipinski definition) is 4. The van der Waals surface area contributed by atoms with E-state index in [1.165, 1.54) is 18.2 Å². The predicted molar refractivity (Wildman–Crippen MR) is 107 cm³/mol. The van der Waals surface area contributed by atoms with Gasteiger partial charge in [-0.05, 0) is 37.9 Å². The smallest absolute Gasteiger partial charge is 0.261 e. The third-order valence-corrected chi connectivity index (χ3v) is 4.60. The molecule has 144 valence electrons. The molecule has 3 amide bonds. The van der Waals surface area contributed by atoms with Gasteiger partial charge in [-0.25, -0.2) is 0 Å². The van der Waals surface area contributed by atoms with Crippen molar-refractivity contribution in [2.24, 2.45) is 0 Å². The summed E-state index contributed by atoms with van der Waals surface area (Å²) < 4.78 is 0. The van der Waals surface area contributed by atoms with Crippen LogP contribution in [0, 0.1) is 0 Å². The summed E-state index contributed by atoms with van der Waals surface area (Å²) in [6, 6.07) is 14.1. The molecule has 3 rings (SSSR count). The van der Waals surface area contributed by atoms with E-state index in [-0.39, 0.29) is 30.0 Å². The molecule has 0 unspecified atom stereocenters. The van der Waals surface area contributed by atoms with Gasteiger partial charge in [0.2, 0.25) is 0 Å². The third-order valence-electron chi connectivity index (χ3n) is 4.60. The van der Waals surface area contributed by atoms with E-state index in [1.807, 2.05) is 49.3 Å². The molecule has 2 aromatic rings. The van der Waals surface area contributed by atoms with Gasteiger partial charge in [0.15, 0.2) is 0 Å². The van der Waals surface area contributed by atoms with Gasteiger partial charge in [0.1, 0.15) is 0 Å². The number of carbonyl (C=O) groups is 3. The molecular weight excluding hydrogens is 354 g/mol. The molecule has 0 aromatic heterocycles. The van der Waals surface area contributed by atoms with E-state index in [0.717, 1.165) is 10.5 Å². The molecule has 0 saturated heterocycles. The first-order chi connectivity index (χ1) is 13.4. The molecule has 28 heavy (non-hydrogen) atoms. The van der Waals surface area contributed by atoms with Crippen molar-refractivity contribution in [1.82, 2.24) is 15.1 Å². The molecular formula is C22H23N3O3. The predicted octanol–water partition coefficient (Wildman–Crippen LogP) is 2.50. The van der Waals surface area contributed by atoms with Crippen molar-refractivity contribution < 1.29 is 14.4 Å². The lowest BCUT2D eigenvalue weighted by molar-refractivity contribution is 0.0672. The summed E-state index contributed by atoms with van der Waals surface area (Å²) in [5.74, 6) is -1.05. The Kier molecular flexibility index (Phi) is 5.70. The molecule has 2 aromatic carbocycles. The van der Waals surface area contributed by atoms with Gasteiger partial charge in [0, 0.05) is 18.7 Å². The van der Waals surface area contributed by atoms with Crippen molar-refractivity contribution in [1.29, 1.82) is 0 Å². The van der Waals surface area contributed by atoms with Gasteiger partial charge in [-0.2, -0.15) is 0 Å². The Balaban J connectivity index is 1.84. The molecule has 0 spiro atoms. The summed E-state index contributed by atoms with van der Waals surface area (Å²) in [6.07, 6.45) is 1.50. The van der Waals surface area contributed by atoms with Crippen molar-refractivity contribution in [2.45, 2.75) is 6.04 Å².